The number of anilines is 1. The molecule has 36 heavy (non-hydrogen) atoms. The van der Waals surface area contributed by atoms with Gasteiger partial charge >= 0.3 is 0 Å². The summed E-state index contributed by atoms with van der Waals surface area (Å²) < 4.78 is 27.5. The number of carbonyl (C=O) groups excluding carboxylic acids is 1. The third-order valence-corrected chi connectivity index (χ3v) is 8.33. The molecule has 0 radical (unpaired) electrons. The van der Waals surface area contributed by atoms with Gasteiger partial charge in [-0.1, -0.05) is 11.6 Å². The summed E-state index contributed by atoms with van der Waals surface area (Å²) in [6, 6.07) is 16.8. The number of rotatable bonds is 5. The van der Waals surface area contributed by atoms with E-state index in [1.54, 1.807) is 54.9 Å². The van der Waals surface area contributed by atoms with Gasteiger partial charge in [-0.25, -0.2) is 13.4 Å². The molecule has 2 aromatic carbocycles. The smallest absolute Gasteiger partial charge is 0.256 e. The van der Waals surface area contributed by atoms with Crippen LogP contribution < -0.4 is 5.32 Å². The molecule has 184 valence electrons. The summed E-state index contributed by atoms with van der Waals surface area (Å²) in [5, 5.41) is 3.98. The van der Waals surface area contributed by atoms with Crippen molar-refractivity contribution in [2.75, 3.05) is 38.5 Å². The SMILES string of the molecule is CN1CCN(S(=O)(=O)c2ccc(NC(=O)c3cc(-c4cccnc4)nc4ccc(Cl)cc34)cc2)CC1. The third kappa shape index (κ3) is 4.96. The van der Waals surface area contributed by atoms with E-state index in [-0.39, 0.29) is 10.8 Å². The first kappa shape index (κ1) is 24.3. The number of fused-ring (bicyclic) bond motifs is 1. The summed E-state index contributed by atoms with van der Waals surface area (Å²) in [5.74, 6) is -0.357. The molecule has 1 saturated heterocycles. The van der Waals surface area contributed by atoms with Crippen molar-refractivity contribution >= 4 is 44.1 Å². The number of hydrogen-bond acceptors (Lipinski definition) is 6. The number of nitrogens with one attached hydrogen (secondary N) is 1. The van der Waals surface area contributed by atoms with Crippen LogP contribution in [0.15, 0.2) is 78.0 Å². The fourth-order valence-electron chi connectivity index (χ4n) is 4.13. The van der Waals surface area contributed by atoms with Crippen LogP contribution in [0, 0.1) is 0 Å². The number of nitrogens with zero attached hydrogens (tertiary/aromatic N) is 4. The molecule has 0 atom stereocenters. The lowest BCUT2D eigenvalue weighted by atomic mass is 10.0. The highest BCUT2D eigenvalue weighted by Gasteiger charge is 2.27. The number of pyridine rings is 2. The van der Waals surface area contributed by atoms with E-state index in [2.05, 4.69) is 20.2 Å². The first-order chi connectivity index (χ1) is 17.3. The molecule has 0 aliphatic carbocycles. The largest absolute Gasteiger partial charge is 0.322 e. The Morgan fingerprint density at radius 1 is 1.00 bits per heavy atom. The molecule has 1 fully saturated rings. The molecule has 1 aliphatic rings. The van der Waals surface area contributed by atoms with E-state index >= 15 is 0 Å². The van der Waals surface area contributed by atoms with E-state index in [0.29, 0.717) is 59.0 Å². The van der Waals surface area contributed by atoms with Gasteiger partial charge in [-0.15, -0.1) is 0 Å². The summed E-state index contributed by atoms with van der Waals surface area (Å²) in [7, 11) is -1.61. The summed E-state index contributed by atoms with van der Waals surface area (Å²) in [5.41, 5.74) is 2.89. The van der Waals surface area contributed by atoms with E-state index in [9.17, 15) is 13.2 Å². The molecule has 1 amide bonds. The van der Waals surface area contributed by atoms with Gasteiger partial charge in [-0.3, -0.25) is 9.78 Å². The Labute approximate surface area is 214 Å². The topological polar surface area (TPSA) is 95.5 Å². The van der Waals surface area contributed by atoms with Crippen LogP contribution in [0.2, 0.25) is 5.02 Å². The predicted molar refractivity (Wildman–Crippen MR) is 141 cm³/mol. The maximum absolute atomic E-state index is 13.4. The minimum atomic E-state index is -3.59. The lowest BCUT2D eigenvalue weighted by molar-refractivity contribution is 0.102. The molecular weight excluding hydrogens is 498 g/mol. The maximum Gasteiger partial charge on any atom is 0.256 e. The van der Waals surface area contributed by atoms with Crippen LogP contribution in [0.3, 0.4) is 0 Å². The minimum absolute atomic E-state index is 0.199. The van der Waals surface area contributed by atoms with Crippen LogP contribution in [-0.4, -0.2) is 66.7 Å². The minimum Gasteiger partial charge on any atom is -0.322 e. The second-order valence-corrected chi connectivity index (χ2v) is 11.0. The number of halogens is 1. The van der Waals surface area contributed by atoms with E-state index in [0.717, 1.165) is 5.56 Å². The van der Waals surface area contributed by atoms with E-state index < -0.39 is 10.0 Å². The molecular formula is C26H24ClN5O3S. The van der Waals surface area contributed by atoms with Crippen LogP contribution in [-0.2, 0) is 10.0 Å². The lowest BCUT2D eigenvalue weighted by Gasteiger charge is -2.31. The second-order valence-electron chi connectivity index (χ2n) is 8.64. The van der Waals surface area contributed by atoms with Gasteiger partial charge in [0.05, 0.1) is 21.7 Å². The molecule has 0 bridgehead atoms. The molecule has 5 rings (SSSR count). The Morgan fingerprint density at radius 3 is 2.44 bits per heavy atom. The van der Waals surface area contributed by atoms with Crippen molar-refractivity contribution in [2.45, 2.75) is 4.90 Å². The van der Waals surface area contributed by atoms with Gasteiger partial charge < -0.3 is 10.2 Å². The van der Waals surface area contributed by atoms with E-state index in [4.69, 9.17) is 11.6 Å². The highest BCUT2D eigenvalue weighted by Crippen LogP contribution is 2.28. The Balaban J connectivity index is 1.43. The lowest BCUT2D eigenvalue weighted by Crippen LogP contribution is -2.46. The van der Waals surface area contributed by atoms with Crippen molar-refractivity contribution in [3.63, 3.8) is 0 Å². The van der Waals surface area contributed by atoms with Crippen LogP contribution in [0.25, 0.3) is 22.2 Å². The highest BCUT2D eigenvalue weighted by molar-refractivity contribution is 7.89. The maximum atomic E-state index is 13.4. The Morgan fingerprint density at radius 2 is 1.75 bits per heavy atom. The van der Waals surface area contributed by atoms with Crippen LogP contribution in [0.5, 0.6) is 0 Å². The van der Waals surface area contributed by atoms with Crippen molar-refractivity contribution in [1.82, 2.24) is 19.2 Å². The normalized spacial score (nSPS) is 15.2. The number of carbonyl (C=O) groups is 1. The van der Waals surface area contributed by atoms with Crippen molar-refractivity contribution < 1.29 is 13.2 Å². The highest BCUT2D eigenvalue weighted by atomic mass is 35.5. The monoisotopic (exact) mass is 521 g/mol. The molecule has 2 aromatic heterocycles. The van der Waals surface area contributed by atoms with E-state index in [1.165, 1.54) is 16.4 Å². The zero-order chi connectivity index (χ0) is 25.3. The number of aromatic nitrogens is 2. The van der Waals surface area contributed by atoms with Gasteiger partial charge in [0.15, 0.2) is 0 Å². The average Bonchev–Trinajstić information content (AvgIpc) is 2.89. The Bertz CT molecular complexity index is 1520. The summed E-state index contributed by atoms with van der Waals surface area (Å²) >= 11 is 6.21. The van der Waals surface area contributed by atoms with Gasteiger partial charge in [-0.05, 0) is 67.7 Å². The molecule has 0 saturated carbocycles. The number of benzene rings is 2. The fourth-order valence-corrected chi connectivity index (χ4v) is 5.73. The molecule has 1 N–H and O–H groups in total. The van der Waals surface area contributed by atoms with Gasteiger partial charge in [0.25, 0.3) is 5.91 Å². The van der Waals surface area contributed by atoms with Gasteiger partial charge in [-0.2, -0.15) is 4.31 Å². The average molecular weight is 522 g/mol. The molecule has 3 heterocycles. The van der Waals surface area contributed by atoms with E-state index in [1.807, 2.05) is 13.1 Å². The van der Waals surface area contributed by atoms with Crippen LogP contribution in [0.4, 0.5) is 5.69 Å². The molecule has 1 aliphatic heterocycles. The number of sulfonamides is 1. The number of piperazine rings is 1. The Hall–Kier alpha value is -3.37. The summed E-state index contributed by atoms with van der Waals surface area (Å²) in [6.07, 6.45) is 3.36. The number of likely N-dealkylation sites (N-methyl/N-ethyl adjacent to an activating group) is 1. The summed E-state index contributed by atoms with van der Waals surface area (Å²) in [6.45, 7) is 2.29. The van der Waals surface area contributed by atoms with Gasteiger partial charge in [0.1, 0.15) is 0 Å². The molecule has 10 heteroatoms. The Kier molecular flexibility index (Phi) is 6.72. The first-order valence-corrected chi connectivity index (χ1v) is 13.2. The zero-order valence-electron chi connectivity index (χ0n) is 19.6. The van der Waals surface area contributed by atoms with Crippen LogP contribution >= 0.6 is 11.6 Å². The molecule has 0 unspecified atom stereocenters. The fraction of sp³-hybridized carbons (Fsp3) is 0.192. The van der Waals surface area contributed by atoms with Gasteiger partial charge in [0.2, 0.25) is 10.0 Å². The van der Waals surface area contributed by atoms with Crippen LogP contribution in [0.1, 0.15) is 10.4 Å². The van der Waals surface area contributed by atoms with Crippen molar-refractivity contribution in [3.05, 3.63) is 83.6 Å². The van der Waals surface area contributed by atoms with Crippen molar-refractivity contribution in [2.24, 2.45) is 0 Å². The third-order valence-electron chi connectivity index (χ3n) is 6.18. The van der Waals surface area contributed by atoms with Crippen molar-refractivity contribution in [1.29, 1.82) is 0 Å². The number of hydrogen-bond donors (Lipinski definition) is 1. The quantitative estimate of drug-likeness (QED) is 0.424. The standard InChI is InChI=1S/C26H24ClN5O3S/c1-31-11-13-32(14-12-31)36(34,35)21-7-5-20(6-8-21)29-26(33)23-16-25(18-3-2-10-28-17-18)30-24-9-4-19(27)15-22(23)24/h2-10,15-17H,11-14H2,1H3,(H,29,33). The second kappa shape index (κ2) is 9.94. The first-order valence-electron chi connectivity index (χ1n) is 11.4. The predicted octanol–water partition coefficient (Wildman–Crippen LogP) is 4.14. The molecule has 8 nitrogen and oxygen atoms in total. The number of amides is 1. The molecule has 4 aromatic rings. The van der Waals surface area contributed by atoms with Gasteiger partial charge in [0, 0.05) is 60.2 Å². The summed E-state index contributed by atoms with van der Waals surface area (Å²) in [4.78, 5) is 24.5. The molecule has 0 spiro atoms. The van der Waals surface area contributed by atoms with Crippen molar-refractivity contribution in [3.8, 4) is 11.3 Å². The zero-order valence-corrected chi connectivity index (χ0v) is 21.1.